The number of aliphatic carboxylic acids is 1. The Labute approximate surface area is 152 Å². The Morgan fingerprint density at radius 2 is 1.77 bits per heavy atom. The number of rotatable bonds is 5. The minimum Gasteiger partial charge on any atom is -0.508 e. The third-order valence-electron chi connectivity index (χ3n) is 3.59. The lowest BCUT2D eigenvalue weighted by Gasteiger charge is -2.22. The molecule has 1 atom stereocenters. The third kappa shape index (κ3) is 5.51. The number of benzene rings is 2. The lowest BCUT2D eigenvalue weighted by atomic mass is 9.95. The fourth-order valence-electron chi connectivity index (χ4n) is 2.50. The highest BCUT2D eigenvalue weighted by atomic mass is 16.6. The van der Waals surface area contributed by atoms with Gasteiger partial charge in [0.1, 0.15) is 17.4 Å². The van der Waals surface area contributed by atoms with E-state index >= 15 is 0 Å². The molecule has 0 bridgehead atoms. The normalized spacial score (nSPS) is 12.3. The molecule has 0 aromatic heterocycles. The third-order valence-corrected chi connectivity index (χ3v) is 3.59. The predicted octanol–water partition coefficient (Wildman–Crippen LogP) is 3.58. The van der Waals surface area contributed by atoms with E-state index in [1.807, 2.05) is 30.3 Å². The van der Waals surface area contributed by atoms with Crippen molar-refractivity contribution in [2.45, 2.75) is 38.8 Å². The van der Waals surface area contributed by atoms with Crippen molar-refractivity contribution >= 4 is 12.1 Å². The molecule has 6 nitrogen and oxygen atoms in total. The molecule has 2 rings (SSSR count). The Balaban J connectivity index is 2.27. The summed E-state index contributed by atoms with van der Waals surface area (Å²) in [5, 5.41) is 21.7. The van der Waals surface area contributed by atoms with Crippen molar-refractivity contribution in [3.05, 3.63) is 54.1 Å². The number of hydrogen-bond donors (Lipinski definition) is 3. The van der Waals surface area contributed by atoms with Crippen LogP contribution in [0.4, 0.5) is 4.79 Å². The van der Waals surface area contributed by atoms with Crippen LogP contribution in [0.5, 0.6) is 5.75 Å². The number of amides is 1. The molecule has 0 saturated carbocycles. The van der Waals surface area contributed by atoms with Crippen molar-refractivity contribution in [3.8, 4) is 16.9 Å². The van der Waals surface area contributed by atoms with Crippen LogP contribution >= 0.6 is 0 Å². The van der Waals surface area contributed by atoms with Crippen LogP contribution in [0.25, 0.3) is 11.1 Å². The summed E-state index contributed by atoms with van der Waals surface area (Å²) in [5.74, 6) is -1.08. The summed E-state index contributed by atoms with van der Waals surface area (Å²) < 4.78 is 5.14. The van der Waals surface area contributed by atoms with E-state index in [-0.39, 0.29) is 12.2 Å². The van der Waals surface area contributed by atoms with E-state index in [0.717, 1.165) is 5.56 Å². The molecule has 26 heavy (non-hydrogen) atoms. The van der Waals surface area contributed by atoms with Crippen molar-refractivity contribution in [2.75, 3.05) is 0 Å². The number of carboxylic acids is 1. The van der Waals surface area contributed by atoms with Gasteiger partial charge in [-0.2, -0.15) is 0 Å². The van der Waals surface area contributed by atoms with E-state index in [1.165, 1.54) is 6.07 Å². The number of carboxylic acid groups (broad SMARTS) is 1. The average Bonchev–Trinajstić information content (AvgIpc) is 2.54. The van der Waals surface area contributed by atoms with Crippen LogP contribution in [-0.4, -0.2) is 33.9 Å². The highest BCUT2D eigenvalue weighted by Gasteiger charge is 2.25. The van der Waals surface area contributed by atoms with Gasteiger partial charge in [-0.05, 0) is 49.6 Å². The smallest absolute Gasteiger partial charge is 0.408 e. The number of phenols is 1. The summed E-state index contributed by atoms with van der Waals surface area (Å²) in [4.78, 5) is 23.5. The first kappa shape index (κ1) is 19.3. The van der Waals surface area contributed by atoms with Gasteiger partial charge in [-0.1, -0.05) is 36.4 Å². The average molecular weight is 357 g/mol. The van der Waals surface area contributed by atoms with Gasteiger partial charge in [0.05, 0.1) is 0 Å². The highest BCUT2D eigenvalue weighted by Crippen LogP contribution is 2.28. The Kier molecular flexibility index (Phi) is 5.87. The van der Waals surface area contributed by atoms with Gasteiger partial charge < -0.3 is 20.3 Å². The summed E-state index contributed by atoms with van der Waals surface area (Å²) in [6, 6.07) is 12.9. The molecule has 0 aliphatic heterocycles. The summed E-state index contributed by atoms with van der Waals surface area (Å²) in [5.41, 5.74) is 1.53. The number of nitrogens with one attached hydrogen (secondary N) is 1. The fourth-order valence-corrected chi connectivity index (χ4v) is 2.50. The summed E-state index contributed by atoms with van der Waals surface area (Å²) in [7, 11) is 0. The first-order chi connectivity index (χ1) is 12.2. The maximum absolute atomic E-state index is 11.9. The Bertz CT molecular complexity index is 781. The number of ether oxygens (including phenoxy) is 1. The first-order valence-electron chi connectivity index (χ1n) is 8.25. The topological polar surface area (TPSA) is 95.9 Å². The molecule has 0 aliphatic carbocycles. The highest BCUT2D eigenvalue weighted by molar-refractivity contribution is 5.81. The van der Waals surface area contributed by atoms with Crippen LogP contribution < -0.4 is 5.32 Å². The molecule has 0 saturated heterocycles. The van der Waals surface area contributed by atoms with E-state index in [9.17, 15) is 19.8 Å². The van der Waals surface area contributed by atoms with Gasteiger partial charge in [-0.3, -0.25) is 0 Å². The maximum Gasteiger partial charge on any atom is 0.408 e. The fraction of sp³-hybridized carbons (Fsp3) is 0.300. The van der Waals surface area contributed by atoms with E-state index in [2.05, 4.69) is 5.32 Å². The molecule has 2 aromatic carbocycles. The van der Waals surface area contributed by atoms with E-state index < -0.39 is 23.7 Å². The van der Waals surface area contributed by atoms with Gasteiger partial charge >= 0.3 is 12.1 Å². The standard InChI is InChI=1S/C20H23NO5/c1-20(2,3)26-19(25)21-17(18(23)24)11-14-9-10-15(22)12-16(14)13-7-5-4-6-8-13/h4-10,12,17,22H,11H2,1-3H3,(H,21,25)(H,23,24)/t17-/m0/s1. The largest absolute Gasteiger partial charge is 0.508 e. The molecule has 138 valence electrons. The van der Waals surface area contributed by atoms with Crippen molar-refractivity contribution in [2.24, 2.45) is 0 Å². The number of hydrogen-bond acceptors (Lipinski definition) is 4. The second-order valence-electron chi connectivity index (χ2n) is 6.95. The van der Waals surface area contributed by atoms with Gasteiger partial charge in [-0.25, -0.2) is 9.59 Å². The zero-order valence-electron chi connectivity index (χ0n) is 15.0. The number of alkyl carbamates (subject to hydrolysis) is 1. The Morgan fingerprint density at radius 3 is 2.35 bits per heavy atom. The van der Waals surface area contributed by atoms with Crippen LogP contribution in [0.15, 0.2) is 48.5 Å². The van der Waals surface area contributed by atoms with Crippen molar-refractivity contribution in [3.63, 3.8) is 0 Å². The molecule has 0 fully saturated rings. The molecular weight excluding hydrogens is 334 g/mol. The molecule has 0 heterocycles. The monoisotopic (exact) mass is 357 g/mol. The van der Waals surface area contributed by atoms with E-state index in [0.29, 0.717) is 11.1 Å². The van der Waals surface area contributed by atoms with Crippen molar-refractivity contribution < 1.29 is 24.5 Å². The lowest BCUT2D eigenvalue weighted by molar-refractivity contribution is -0.139. The lowest BCUT2D eigenvalue weighted by Crippen LogP contribution is -2.44. The number of phenolic OH excluding ortho intramolecular Hbond substituents is 1. The van der Waals surface area contributed by atoms with E-state index in [1.54, 1.807) is 32.9 Å². The summed E-state index contributed by atoms with van der Waals surface area (Å²) in [6.07, 6.45) is -0.732. The Morgan fingerprint density at radius 1 is 1.12 bits per heavy atom. The van der Waals surface area contributed by atoms with Gasteiger partial charge in [0.15, 0.2) is 0 Å². The number of aromatic hydroxyl groups is 1. The second kappa shape index (κ2) is 7.91. The minimum absolute atomic E-state index is 0.0546. The molecule has 0 aliphatic rings. The summed E-state index contributed by atoms with van der Waals surface area (Å²) >= 11 is 0. The van der Waals surface area contributed by atoms with Crippen LogP contribution in [0.3, 0.4) is 0 Å². The van der Waals surface area contributed by atoms with Gasteiger partial charge in [0.25, 0.3) is 0 Å². The molecule has 0 radical (unpaired) electrons. The number of carbonyl (C=O) groups excluding carboxylic acids is 1. The van der Waals surface area contributed by atoms with Gasteiger partial charge in [-0.15, -0.1) is 0 Å². The quantitative estimate of drug-likeness (QED) is 0.760. The number of carbonyl (C=O) groups is 2. The van der Waals surface area contributed by atoms with Crippen LogP contribution in [0.1, 0.15) is 26.3 Å². The second-order valence-corrected chi connectivity index (χ2v) is 6.95. The molecule has 6 heteroatoms. The Hall–Kier alpha value is -3.02. The first-order valence-corrected chi connectivity index (χ1v) is 8.25. The summed E-state index contributed by atoms with van der Waals surface area (Å²) in [6.45, 7) is 5.11. The molecule has 0 unspecified atom stereocenters. The maximum atomic E-state index is 11.9. The minimum atomic E-state index is -1.16. The van der Waals surface area contributed by atoms with Crippen molar-refractivity contribution in [1.29, 1.82) is 0 Å². The van der Waals surface area contributed by atoms with Gasteiger partial charge in [0, 0.05) is 6.42 Å². The SMILES string of the molecule is CC(C)(C)OC(=O)N[C@@H](Cc1ccc(O)cc1-c1ccccc1)C(=O)O. The van der Waals surface area contributed by atoms with Crippen LogP contribution in [0.2, 0.25) is 0 Å². The predicted molar refractivity (Wildman–Crippen MR) is 98.0 cm³/mol. The molecule has 2 aromatic rings. The van der Waals surface area contributed by atoms with Crippen LogP contribution in [-0.2, 0) is 16.0 Å². The van der Waals surface area contributed by atoms with Crippen LogP contribution in [0, 0.1) is 0 Å². The molecule has 1 amide bonds. The molecular formula is C20H23NO5. The van der Waals surface area contributed by atoms with Crippen molar-refractivity contribution in [1.82, 2.24) is 5.32 Å². The van der Waals surface area contributed by atoms with Gasteiger partial charge in [0.2, 0.25) is 0 Å². The zero-order chi connectivity index (χ0) is 19.3. The van der Waals surface area contributed by atoms with E-state index in [4.69, 9.17) is 4.74 Å². The molecule has 0 spiro atoms. The zero-order valence-corrected chi connectivity index (χ0v) is 15.0. The molecule has 3 N–H and O–H groups in total.